The number of rotatable bonds is 6. The zero-order valence-corrected chi connectivity index (χ0v) is 16.8. The molecule has 2 amide bonds. The molecule has 0 unspecified atom stereocenters. The number of amidine groups is 1. The summed E-state index contributed by atoms with van der Waals surface area (Å²) in [4.78, 5) is 39.9. The molecule has 1 fully saturated rings. The summed E-state index contributed by atoms with van der Waals surface area (Å²) in [7, 11) is 0. The Labute approximate surface area is 174 Å². The third kappa shape index (κ3) is 4.70. The van der Waals surface area contributed by atoms with Crippen LogP contribution in [0.4, 0.5) is 0 Å². The van der Waals surface area contributed by atoms with E-state index in [0.29, 0.717) is 42.8 Å². The summed E-state index contributed by atoms with van der Waals surface area (Å²) in [6.07, 6.45) is 0.926. The second-order valence-electron chi connectivity index (χ2n) is 7.38. The predicted molar refractivity (Wildman–Crippen MR) is 107 cm³/mol. The second kappa shape index (κ2) is 9.12. The minimum Gasteiger partial charge on any atom is -0.491 e. The molecular formula is C20H26N4O6. The average molecular weight is 418 g/mol. The molecule has 30 heavy (non-hydrogen) atoms. The van der Waals surface area contributed by atoms with E-state index in [1.807, 2.05) is 0 Å². The number of carboxylic acid groups (broad SMARTS) is 1. The molecule has 2 aliphatic rings. The molecular weight excluding hydrogens is 392 g/mol. The van der Waals surface area contributed by atoms with Gasteiger partial charge in [0.15, 0.2) is 0 Å². The number of ether oxygens (including phenoxy) is 2. The van der Waals surface area contributed by atoms with Crippen LogP contribution >= 0.6 is 0 Å². The Hall–Kier alpha value is -3.14. The molecule has 3 rings (SSSR count). The van der Waals surface area contributed by atoms with Gasteiger partial charge in [0, 0.05) is 18.7 Å². The van der Waals surface area contributed by atoms with Gasteiger partial charge in [-0.2, -0.15) is 0 Å². The maximum Gasteiger partial charge on any atom is 0.329 e. The monoisotopic (exact) mass is 418 g/mol. The zero-order valence-electron chi connectivity index (χ0n) is 16.8. The molecule has 0 aliphatic carbocycles. The minimum atomic E-state index is -1.01. The van der Waals surface area contributed by atoms with Gasteiger partial charge in [0.05, 0.1) is 18.2 Å². The summed E-state index contributed by atoms with van der Waals surface area (Å²) >= 11 is 0. The van der Waals surface area contributed by atoms with E-state index in [2.05, 4.69) is 0 Å². The number of nitrogens with zero attached hydrogens (tertiary/aromatic N) is 2. The predicted octanol–water partition coefficient (Wildman–Crippen LogP) is 0.286. The van der Waals surface area contributed by atoms with E-state index in [9.17, 15) is 14.4 Å². The lowest BCUT2D eigenvalue weighted by Crippen LogP contribution is -2.52. The van der Waals surface area contributed by atoms with E-state index >= 15 is 0 Å². The van der Waals surface area contributed by atoms with Crippen LogP contribution in [0.5, 0.6) is 5.75 Å². The van der Waals surface area contributed by atoms with Crippen LogP contribution in [0.25, 0.3) is 0 Å². The molecule has 2 aliphatic heterocycles. The number of carbonyl (C=O) groups excluding carboxylic acids is 2. The number of likely N-dealkylation sites (tertiary alicyclic amines) is 1. The van der Waals surface area contributed by atoms with E-state index in [4.69, 9.17) is 25.7 Å². The van der Waals surface area contributed by atoms with Crippen LogP contribution in [-0.2, 0) is 14.3 Å². The summed E-state index contributed by atoms with van der Waals surface area (Å²) in [6, 6.07) is 4.04. The number of piperidine rings is 1. The van der Waals surface area contributed by atoms with Crippen LogP contribution in [0.15, 0.2) is 18.2 Å². The van der Waals surface area contributed by atoms with Gasteiger partial charge in [0.25, 0.3) is 5.91 Å². The maximum absolute atomic E-state index is 13.1. The van der Waals surface area contributed by atoms with E-state index in [-0.39, 0.29) is 43.5 Å². The van der Waals surface area contributed by atoms with Crippen molar-refractivity contribution < 1.29 is 29.0 Å². The lowest BCUT2D eigenvalue weighted by atomic mass is 10.1. The van der Waals surface area contributed by atoms with Crippen LogP contribution in [0.2, 0.25) is 0 Å². The van der Waals surface area contributed by atoms with Crippen LogP contribution < -0.4 is 10.5 Å². The Morgan fingerprint density at radius 2 is 2.03 bits per heavy atom. The quantitative estimate of drug-likeness (QED) is 0.444. The molecule has 0 radical (unpaired) electrons. The van der Waals surface area contributed by atoms with E-state index in [0.717, 1.165) is 0 Å². The number of nitrogens with two attached hydrogens (primary N) is 1. The van der Waals surface area contributed by atoms with Gasteiger partial charge in [-0.25, -0.2) is 4.79 Å². The Bertz CT molecular complexity index is 850. The number of fused-ring (bicyclic) bond motifs is 1. The van der Waals surface area contributed by atoms with Crippen molar-refractivity contribution in [1.82, 2.24) is 9.80 Å². The molecule has 2 heterocycles. The van der Waals surface area contributed by atoms with Crippen LogP contribution in [0.1, 0.15) is 35.7 Å². The smallest absolute Gasteiger partial charge is 0.329 e. The Morgan fingerprint density at radius 3 is 2.67 bits per heavy atom. The second-order valence-corrected chi connectivity index (χ2v) is 7.38. The van der Waals surface area contributed by atoms with Gasteiger partial charge in [-0.05, 0) is 31.9 Å². The van der Waals surface area contributed by atoms with E-state index in [1.54, 1.807) is 30.0 Å². The molecule has 4 N–H and O–H groups in total. The fourth-order valence-electron chi connectivity index (χ4n) is 3.70. The van der Waals surface area contributed by atoms with Gasteiger partial charge in [-0.1, -0.05) is 6.07 Å². The number of aliphatic carboxylic acids is 1. The summed E-state index contributed by atoms with van der Waals surface area (Å²) < 4.78 is 11.0. The number of carboxylic acids is 1. The molecule has 10 nitrogen and oxygen atoms in total. The number of nitrogen functional groups attached to an aromatic ring is 1. The number of amides is 2. The molecule has 1 atom stereocenters. The van der Waals surface area contributed by atoms with Crippen molar-refractivity contribution in [2.24, 2.45) is 5.73 Å². The third-order valence-electron chi connectivity index (χ3n) is 5.39. The van der Waals surface area contributed by atoms with Crippen LogP contribution in [0.3, 0.4) is 0 Å². The van der Waals surface area contributed by atoms with Gasteiger partial charge in [0.1, 0.15) is 30.8 Å². The number of hydrogen-bond donors (Lipinski definition) is 3. The van der Waals surface area contributed by atoms with Crippen molar-refractivity contribution in [3.05, 3.63) is 29.3 Å². The van der Waals surface area contributed by atoms with Crippen molar-refractivity contribution in [2.45, 2.75) is 31.9 Å². The number of carbonyl (C=O) groups is 3. The fourth-order valence-corrected chi connectivity index (χ4v) is 3.70. The van der Waals surface area contributed by atoms with Crippen molar-refractivity contribution in [3.63, 3.8) is 0 Å². The standard InChI is InChI=1S/C20H26N4O6/c1-12(19(27)23-6-4-14(5-7-23)30-11-17(25)26)24-8-9-29-16-10-13(18(21)22)2-3-15(16)20(24)28/h2-3,10,12,14H,4-9,11H2,1H3,(H3,21,22)(H,25,26)/t12-/m0/s1. The summed E-state index contributed by atoms with van der Waals surface area (Å²) in [6.45, 7) is 2.73. The molecule has 0 spiro atoms. The van der Waals surface area contributed by atoms with Gasteiger partial charge in [-0.3, -0.25) is 15.0 Å². The number of benzene rings is 1. The molecule has 1 aromatic rings. The van der Waals surface area contributed by atoms with Crippen molar-refractivity contribution in [2.75, 3.05) is 32.8 Å². The van der Waals surface area contributed by atoms with Crippen LogP contribution in [-0.4, -0.2) is 83.5 Å². The Morgan fingerprint density at radius 1 is 1.33 bits per heavy atom. The normalized spacial score (nSPS) is 18.2. The highest BCUT2D eigenvalue weighted by Gasteiger charge is 2.34. The molecule has 1 aromatic carbocycles. The van der Waals surface area contributed by atoms with E-state index in [1.165, 1.54) is 4.90 Å². The molecule has 10 heteroatoms. The summed E-state index contributed by atoms with van der Waals surface area (Å²) in [5, 5.41) is 16.2. The van der Waals surface area contributed by atoms with Gasteiger partial charge < -0.3 is 30.1 Å². The van der Waals surface area contributed by atoms with E-state index < -0.39 is 12.0 Å². The topological polar surface area (TPSA) is 146 Å². The highest BCUT2D eigenvalue weighted by atomic mass is 16.5. The number of hydrogen-bond acceptors (Lipinski definition) is 6. The zero-order chi connectivity index (χ0) is 21.8. The lowest BCUT2D eigenvalue weighted by Gasteiger charge is -2.36. The minimum absolute atomic E-state index is 0.116. The van der Waals surface area contributed by atoms with Gasteiger partial charge >= 0.3 is 5.97 Å². The lowest BCUT2D eigenvalue weighted by molar-refractivity contribution is -0.147. The molecule has 0 bridgehead atoms. The van der Waals surface area contributed by atoms with Crippen molar-refractivity contribution >= 4 is 23.6 Å². The SMILES string of the molecule is C[C@@H](C(=O)N1CCC(OCC(=O)O)CC1)N1CCOc2cc(C(=N)N)ccc2C1=O. The average Bonchev–Trinajstić information content (AvgIpc) is 2.90. The highest BCUT2D eigenvalue weighted by Crippen LogP contribution is 2.26. The van der Waals surface area contributed by atoms with Crippen molar-refractivity contribution in [1.29, 1.82) is 5.41 Å². The fraction of sp³-hybridized carbons (Fsp3) is 0.500. The number of nitrogens with one attached hydrogen (secondary N) is 1. The first-order valence-electron chi connectivity index (χ1n) is 9.82. The van der Waals surface area contributed by atoms with Crippen molar-refractivity contribution in [3.8, 4) is 5.75 Å². The summed E-state index contributed by atoms with van der Waals surface area (Å²) in [5.41, 5.74) is 6.30. The molecule has 0 aromatic heterocycles. The summed E-state index contributed by atoms with van der Waals surface area (Å²) in [5.74, 6) is -1.25. The Kier molecular flexibility index (Phi) is 6.56. The molecule has 1 saturated heterocycles. The first kappa shape index (κ1) is 21.6. The third-order valence-corrected chi connectivity index (χ3v) is 5.39. The molecule has 162 valence electrons. The van der Waals surface area contributed by atoms with Gasteiger partial charge in [-0.15, -0.1) is 0 Å². The Balaban J connectivity index is 1.65. The first-order valence-corrected chi connectivity index (χ1v) is 9.82. The van der Waals surface area contributed by atoms with Crippen LogP contribution in [0, 0.1) is 5.41 Å². The maximum atomic E-state index is 13.1. The highest BCUT2D eigenvalue weighted by molar-refractivity contribution is 6.02. The molecule has 0 saturated carbocycles. The van der Waals surface area contributed by atoms with Gasteiger partial charge in [0.2, 0.25) is 5.91 Å². The largest absolute Gasteiger partial charge is 0.491 e. The first-order chi connectivity index (χ1) is 14.3.